The molecule has 2 aromatic rings. The molecule has 3 rings (SSSR count). The van der Waals surface area contributed by atoms with Crippen LogP contribution < -0.4 is 16.4 Å². The number of carbonyl (C=O) groups excluding carboxylic acids is 1. The molecule has 0 aliphatic carbocycles. The van der Waals surface area contributed by atoms with Gasteiger partial charge < -0.3 is 21.1 Å². The number of rotatable bonds is 7. The van der Waals surface area contributed by atoms with Crippen LogP contribution in [0.15, 0.2) is 42.6 Å². The van der Waals surface area contributed by atoms with Gasteiger partial charge in [0, 0.05) is 18.8 Å². The highest BCUT2D eigenvalue weighted by Crippen LogP contribution is 2.24. The predicted molar refractivity (Wildman–Crippen MR) is 114 cm³/mol. The summed E-state index contributed by atoms with van der Waals surface area (Å²) in [5, 5.41) is 6.03. The molecule has 1 aliphatic heterocycles. The van der Waals surface area contributed by atoms with Crippen molar-refractivity contribution in [3.63, 3.8) is 0 Å². The monoisotopic (exact) mass is 397 g/mol. The van der Waals surface area contributed by atoms with Crippen LogP contribution in [-0.4, -0.2) is 31.7 Å². The quantitative estimate of drug-likeness (QED) is 0.669. The van der Waals surface area contributed by atoms with E-state index in [1.165, 1.54) is 0 Å². The fraction of sp³-hybridized carbons (Fsp3) is 0.348. The lowest BCUT2D eigenvalue weighted by Gasteiger charge is -2.16. The maximum absolute atomic E-state index is 14.8. The highest BCUT2D eigenvalue weighted by atomic mass is 19.1. The lowest BCUT2D eigenvalue weighted by atomic mass is 9.93. The minimum Gasteiger partial charge on any atom is -0.379 e. The first kappa shape index (κ1) is 21.0. The zero-order valence-corrected chi connectivity index (χ0v) is 16.9. The lowest BCUT2D eigenvalue weighted by molar-refractivity contribution is 0.0925. The van der Waals surface area contributed by atoms with Gasteiger partial charge in [0.05, 0.1) is 18.2 Å². The van der Waals surface area contributed by atoms with Gasteiger partial charge in [-0.15, -0.1) is 0 Å². The Morgan fingerprint density at radius 3 is 2.69 bits per heavy atom. The molecule has 1 atom stereocenters. The Morgan fingerprint density at radius 1 is 1.28 bits per heavy atom. The molecular weight excluding hydrogens is 369 g/mol. The van der Waals surface area contributed by atoms with Crippen molar-refractivity contribution in [2.45, 2.75) is 32.7 Å². The van der Waals surface area contributed by atoms with Crippen LogP contribution >= 0.6 is 0 Å². The van der Waals surface area contributed by atoms with Crippen molar-refractivity contribution >= 4 is 11.6 Å². The van der Waals surface area contributed by atoms with E-state index in [-0.39, 0.29) is 17.5 Å². The Balaban J connectivity index is 1.78. The summed E-state index contributed by atoms with van der Waals surface area (Å²) < 4.78 is 20.1. The second kappa shape index (κ2) is 9.67. The summed E-state index contributed by atoms with van der Waals surface area (Å²) in [6.45, 7) is 5.20. The summed E-state index contributed by atoms with van der Waals surface area (Å²) >= 11 is 0. The largest absolute Gasteiger partial charge is 0.379 e. The fourth-order valence-electron chi connectivity index (χ4n) is 3.38. The molecule has 0 bridgehead atoms. The average molecular weight is 397 g/mol. The number of halogens is 1. The number of carbonyl (C=O) groups is 1. The van der Waals surface area contributed by atoms with Crippen molar-refractivity contribution in [1.29, 1.82) is 0 Å². The van der Waals surface area contributed by atoms with Crippen LogP contribution in [0.3, 0.4) is 0 Å². The Morgan fingerprint density at radius 2 is 2.03 bits per heavy atom. The van der Waals surface area contributed by atoms with Gasteiger partial charge in [-0.05, 0) is 73.3 Å². The molecule has 4 N–H and O–H groups in total. The summed E-state index contributed by atoms with van der Waals surface area (Å²) in [5.74, 6) is -0.831. The summed E-state index contributed by atoms with van der Waals surface area (Å²) in [5.41, 5.74) is 9.91. The lowest BCUT2D eigenvalue weighted by Crippen LogP contribution is -2.35. The van der Waals surface area contributed by atoms with E-state index < -0.39 is 5.82 Å². The SMILES string of the molecule is Cc1c(Cc2ccc(N/C=C\CN)cc2)cc(C(=O)NC2CCOC2)c(F)c1C. The topological polar surface area (TPSA) is 76.4 Å². The molecular formula is C23H28FN3O2. The Labute approximate surface area is 171 Å². The minimum absolute atomic E-state index is 0.0553. The van der Waals surface area contributed by atoms with Gasteiger partial charge in [0.25, 0.3) is 5.91 Å². The molecule has 29 heavy (non-hydrogen) atoms. The van der Waals surface area contributed by atoms with Crippen molar-refractivity contribution in [3.8, 4) is 0 Å². The third-order valence-electron chi connectivity index (χ3n) is 5.29. The van der Waals surface area contributed by atoms with E-state index in [2.05, 4.69) is 10.6 Å². The number of nitrogens with two attached hydrogens (primary N) is 1. The smallest absolute Gasteiger partial charge is 0.254 e. The van der Waals surface area contributed by atoms with Gasteiger partial charge >= 0.3 is 0 Å². The van der Waals surface area contributed by atoms with E-state index in [9.17, 15) is 9.18 Å². The van der Waals surface area contributed by atoms with E-state index in [1.807, 2.05) is 43.5 Å². The summed E-state index contributed by atoms with van der Waals surface area (Å²) in [6, 6.07) is 9.63. The molecule has 1 heterocycles. The first-order valence-corrected chi connectivity index (χ1v) is 9.87. The number of anilines is 1. The van der Waals surface area contributed by atoms with Crippen LogP contribution in [0.4, 0.5) is 10.1 Å². The van der Waals surface area contributed by atoms with Crippen molar-refractivity contribution in [1.82, 2.24) is 5.32 Å². The number of hydrogen-bond donors (Lipinski definition) is 3. The van der Waals surface area contributed by atoms with Gasteiger partial charge in [-0.2, -0.15) is 0 Å². The van der Waals surface area contributed by atoms with Crippen LogP contribution in [0.1, 0.15) is 39.0 Å². The van der Waals surface area contributed by atoms with Gasteiger partial charge in [-0.3, -0.25) is 4.79 Å². The molecule has 0 aromatic heterocycles. The molecule has 0 radical (unpaired) electrons. The Bertz CT molecular complexity index is 888. The zero-order valence-electron chi connectivity index (χ0n) is 16.9. The highest BCUT2D eigenvalue weighted by molar-refractivity contribution is 5.95. The van der Waals surface area contributed by atoms with E-state index >= 15 is 0 Å². The van der Waals surface area contributed by atoms with E-state index in [4.69, 9.17) is 10.5 Å². The predicted octanol–water partition coefficient (Wildman–Crippen LogP) is 3.44. The summed E-state index contributed by atoms with van der Waals surface area (Å²) in [7, 11) is 0. The van der Waals surface area contributed by atoms with E-state index in [0.717, 1.165) is 28.8 Å². The molecule has 154 valence electrons. The fourth-order valence-corrected chi connectivity index (χ4v) is 3.38. The third-order valence-corrected chi connectivity index (χ3v) is 5.29. The van der Waals surface area contributed by atoms with Crippen molar-refractivity contribution in [2.24, 2.45) is 5.73 Å². The van der Waals surface area contributed by atoms with Gasteiger partial charge in [0.2, 0.25) is 0 Å². The highest BCUT2D eigenvalue weighted by Gasteiger charge is 2.23. The van der Waals surface area contributed by atoms with Crippen molar-refractivity contribution in [2.75, 3.05) is 25.1 Å². The first-order valence-electron chi connectivity index (χ1n) is 9.87. The second-order valence-electron chi connectivity index (χ2n) is 7.34. The molecule has 1 aliphatic rings. The van der Waals surface area contributed by atoms with E-state index in [0.29, 0.717) is 31.7 Å². The van der Waals surface area contributed by atoms with Gasteiger partial charge in [-0.25, -0.2) is 4.39 Å². The number of hydrogen-bond acceptors (Lipinski definition) is 4. The normalized spacial score (nSPS) is 16.3. The number of amides is 1. The second-order valence-corrected chi connectivity index (χ2v) is 7.34. The minimum atomic E-state index is -0.450. The molecule has 1 saturated heterocycles. The zero-order chi connectivity index (χ0) is 20.8. The number of nitrogens with one attached hydrogen (secondary N) is 2. The Hall–Kier alpha value is -2.70. The molecule has 0 saturated carbocycles. The van der Waals surface area contributed by atoms with Gasteiger partial charge in [0.1, 0.15) is 5.82 Å². The molecule has 0 spiro atoms. The van der Waals surface area contributed by atoms with E-state index in [1.54, 1.807) is 13.0 Å². The standard InChI is InChI=1S/C23H28FN3O2/c1-15-16(2)22(24)21(23(28)27-20-8-11-29-14-20)13-18(15)12-17-4-6-19(7-5-17)26-10-3-9-25/h3-7,10,13,20,26H,8-9,11-12,14,25H2,1-2H3,(H,27,28)/b10-3-. The number of benzene rings is 2. The summed E-state index contributed by atoms with van der Waals surface area (Å²) in [6.07, 6.45) is 5.02. The third kappa shape index (κ3) is 5.22. The molecule has 5 nitrogen and oxygen atoms in total. The Kier molecular flexibility index (Phi) is 7.01. The average Bonchev–Trinajstić information content (AvgIpc) is 3.22. The van der Waals surface area contributed by atoms with Crippen LogP contribution in [0.2, 0.25) is 0 Å². The molecule has 1 fully saturated rings. The summed E-state index contributed by atoms with van der Waals surface area (Å²) in [4.78, 5) is 12.6. The van der Waals surface area contributed by atoms with Crippen LogP contribution in [0, 0.1) is 19.7 Å². The number of ether oxygens (including phenoxy) is 1. The van der Waals surface area contributed by atoms with Crippen LogP contribution in [-0.2, 0) is 11.2 Å². The van der Waals surface area contributed by atoms with Crippen LogP contribution in [0.25, 0.3) is 0 Å². The van der Waals surface area contributed by atoms with Crippen molar-refractivity contribution < 1.29 is 13.9 Å². The molecule has 6 heteroatoms. The first-order chi connectivity index (χ1) is 14.0. The maximum atomic E-state index is 14.8. The van der Waals surface area contributed by atoms with Crippen molar-refractivity contribution in [3.05, 3.63) is 76.2 Å². The molecule has 1 amide bonds. The molecule has 2 aromatic carbocycles. The van der Waals surface area contributed by atoms with Gasteiger partial charge in [0.15, 0.2) is 0 Å². The molecule has 1 unspecified atom stereocenters. The van der Waals surface area contributed by atoms with Gasteiger partial charge in [-0.1, -0.05) is 18.2 Å². The maximum Gasteiger partial charge on any atom is 0.254 e. The van der Waals surface area contributed by atoms with Crippen LogP contribution in [0.5, 0.6) is 0 Å².